The Bertz CT molecular complexity index is 200. The van der Waals surface area contributed by atoms with E-state index in [9.17, 15) is 4.79 Å². The number of thioether (sulfide) groups is 1. The van der Waals surface area contributed by atoms with Crippen LogP contribution in [0.5, 0.6) is 0 Å². The highest BCUT2D eigenvalue weighted by molar-refractivity contribution is 7.99. The molecule has 4 heteroatoms. The molecular weight excluding hydrogens is 184 g/mol. The summed E-state index contributed by atoms with van der Waals surface area (Å²) < 4.78 is 0. The van der Waals surface area contributed by atoms with Crippen molar-refractivity contribution in [3.63, 3.8) is 0 Å². The van der Waals surface area contributed by atoms with Gasteiger partial charge in [-0.05, 0) is 12.2 Å². The smallest absolute Gasteiger partial charge is 0.226 e. The van der Waals surface area contributed by atoms with Gasteiger partial charge in [0.25, 0.3) is 0 Å². The number of nitrogens with zero attached hydrogens (tertiary/aromatic N) is 1. The van der Waals surface area contributed by atoms with Crippen molar-refractivity contribution in [1.29, 1.82) is 0 Å². The van der Waals surface area contributed by atoms with E-state index in [0.29, 0.717) is 17.9 Å². The van der Waals surface area contributed by atoms with E-state index < -0.39 is 0 Å². The Kier molecular flexibility index (Phi) is 2.79. The molecule has 0 aliphatic carbocycles. The maximum atomic E-state index is 11.9. The fourth-order valence-corrected chi connectivity index (χ4v) is 2.96. The first-order chi connectivity index (χ1) is 6.29. The minimum atomic E-state index is 0.301. The second-order valence-corrected chi connectivity index (χ2v) is 4.97. The number of rotatable bonds is 2. The van der Waals surface area contributed by atoms with Gasteiger partial charge in [-0.3, -0.25) is 4.79 Å². The normalized spacial score (nSPS) is 28.5. The highest BCUT2D eigenvalue weighted by Gasteiger charge is 2.31. The van der Waals surface area contributed by atoms with E-state index in [1.165, 1.54) is 0 Å². The zero-order chi connectivity index (χ0) is 9.26. The average Bonchev–Trinajstić information content (AvgIpc) is 2.51. The molecule has 2 fully saturated rings. The summed E-state index contributed by atoms with van der Waals surface area (Å²) in [7, 11) is 1.94. The molecule has 2 saturated heterocycles. The highest BCUT2D eigenvalue weighted by Crippen LogP contribution is 2.25. The summed E-state index contributed by atoms with van der Waals surface area (Å²) in [5, 5.41) is 3.19. The summed E-state index contributed by atoms with van der Waals surface area (Å²) in [6.07, 6.45) is 1.08. The van der Waals surface area contributed by atoms with Crippen molar-refractivity contribution in [2.75, 3.05) is 31.6 Å². The van der Waals surface area contributed by atoms with E-state index >= 15 is 0 Å². The molecule has 2 aliphatic heterocycles. The molecule has 1 atom stereocenters. The van der Waals surface area contributed by atoms with Crippen molar-refractivity contribution in [3.8, 4) is 0 Å². The summed E-state index contributed by atoms with van der Waals surface area (Å²) in [5.41, 5.74) is 0. The van der Waals surface area contributed by atoms with Crippen LogP contribution in [-0.4, -0.2) is 48.5 Å². The summed E-state index contributed by atoms with van der Waals surface area (Å²) in [4.78, 5) is 13.8. The lowest BCUT2D eigenvalue weighted by Crippen LogP contribution is -2.58. The van der Waals surface area contributed by atoms with Crippen LogP contribution in [0, 0.1) is 5.92 Å². The predicted molar refractivity (Wildman–Crippen MR) is 54.9 cm³/mol. The van der Waals surface area contributed by atoms with Crippen molar-refractivity contribution in [2.45, 2.75) is 12.5 Å². The van der Waals surface area contributed by atoms with E-state index in [1.807, 2.05) is 23.7 Å². The molecule has 1 amide bonds. The number of hydrogen-bond donors (Lipinski definition) is 1. The second kappa shape index (κ2) is 3.88. The van der Waals surface area contributed by atoms with Crippen LogP contribution in [0.3, 0.4) is 0 Å². The average molecular weight is 200 g/mol. The molecule has 0 spiro atoms. The molecule has 2 heterocycles. The molecule has 0 radical (unpaired) electrons. The molecule has 0 aromatic heterocycles. The van der Waals surface area contributed by atoms with Crippen molar-refractivity contribution < 1.29 is 4.79 Å². The molecule has 2 aliphatic rings. The fraction of sp³-hybridized carbons (Fsp3) is 0.889. The van der Waals surface area contributed by atoms with Crippen molar-refractivity contribution in [2.24, 2.45) is 5.92 Å². The van der Waals surface area contributed by atoms with Crippen LogP contribution in [-0.2, 0) is 4.79 Å². The zero-order valence-corrected chi connectivity index (χ0v) is 8.77. The van der Waals surface area contributed by atoms with Crippen LogP contribution in [0.15, 0.2) is 0 Å². The van der Waals surface area contributed by atoms with Crippen LogP contribution in [0.2, 0.25) is 0 Å². The van der Waals surface area contributed by atoms with Gasteiger partial charge in [0.15, 0.2) is 0 Å². The highest BCUT2D eigenvalue weighted by atomic mass is 32.2. The summed E-state index contributed by atoms with van der Waals surface area (Å²) in [6, 6.07) is 0.457. The third-order valence-electron chi connectivity index (χ3n) is 2.93. The lowest BCUT2D eigenvalue weighted by Gasteiger charge is -2.36. The lowest BCUT2D eigenvalue weighted by atomic mass is 10.0. The Hall–Kier alpha value is -0.220. The number of hydrogen-bond acceptors (Lipinski definition) is 3. The van der Waals surface area contributed by atoms with Crippen LogP contribution in [0.1, 0.15) is 6.42 Å². The third kappa shape index (κ3) is 1.83. The summed E-state index contributed by atoms with van der Waals surface area (Å²) in [6.45, 7) is 1.95. The monoisotopic (exact) mass is 200 g/mol. The van der Waals surface area contributed by atoms with Crippen LogP contribution < -0.4 is 5.32 Å². The van der Waals surface area contributed by atoms with Gasteiger partial charge in [-0.1, -0.05) is 0 Å². The maximum Gasteiger partial charge on any atom is 0.226 e. The number of amides is 1. The van der Waals surface area contributed by atoms with Gasteiger partial charge in [0.05, 0.1) is 6.04 Å². The van der Waals surface area contributed by atoms with Gasteiger partial charge in [-0.15, -0.1) is 0 Å². The predicted octanol–water partition coefficient (Wildman–Crippen LogP) is 0.170. The second-order valence-electron chi connectivity index (χ2n) is 3.82. The first-order valence-electron chi connectivity index (χ1n) is 4.84. The van der Waals surface area contributed by atoms with Gasteiger partial charge >= 0.3 is 0 Å². The SMILES string of the molecule is CN(C(=O)C1CCSC1)C1CNC1. The Morgan fingerprint density at radius 3 is 2.77 bits per heavy atom. The molecule has 3 nitrogen and oxygen atoms in total. The first-order valence-corrected chi connectivity index (χ1v) is 5.99. The molecule has 0 bridgehead atoms. The topological polar surface area (TPSA) is 32.3 Å². The van der Waals surface area contributed by atoms with E-state index in [4.69, 9.17) is 0 Å². The maximum absolute atomic E-state index is 11.9. The molecule has 0 aromatic rings. The van der Waals surface area contributed by atoms with Crippen LogP contribution in [0.25, 0.3) is 0 Å². The van der Waals surface area contributed by atoms with E-state index in [1.54, 1.807) is 0 Å². The van der Waals surface area contributed by atoms with Crippen molar-refractivity contribution in [1.82, 2.24) is 10.2 Å². The molecule has 2 rings (SSSR count). The van der Waals surface area contributed by atoms with Gasteiger partial charge in [0, 0.05) is 31.8 Å². The number of carbonyl (C=O) groups excluding carboxylic acids is 1. The molecule has 1 unspecified atom stereocenters. The van der Waals surface area contributed by atoms with Gasteiger partial charge in [0.1, 0.15) is 0 Å². The number of carbonyl (C=O) groups is 1. The van der Waals surface area contributed by atoms with Gasteiger partial charge < -0.3 is 10.2 Å². The first kappa shape index (κ1) is 9.34. The Labute approximate surface area is 83.2 Å². The standard InChI is InChI=1S/C9H16N2OS/c1-11(8-4-10-5-8)9(12)7-2-3-13-6-7/h7-8,10H,2-6H2,1H3. The van der Waals surface area contributed by atoms with E-state index in [2.05, 4.69) is 5.32 Å². The lowest BCUT2D eigenvalue weighted by molar-refractivity contribution is -0.136. The van der Waals surface area contributed by atoms with Gasteiger partial charge in [-0.25, -0.2) is 0 Å². The zero-order valence-electron chi connectivity index (χ0n) is 7.95. The van der Waals surface area contributed by atoms with Crippen LogP contribution >= 0.6 is 11.8 Å². The molecule has 74 valence electrons. The van der Waals surface area contributed by atoms with E-state index in [-0.39, 0.29) is 0 Å². The molecule has 0 saturated carbocycles. The fourth-order valence-electron chi connectivity index (χ4n) is 1.74. The van der Waals surface area contributed by atoms with Crippen molar-refractivity contribution in [3.05, 3.63) is 0 Å². The molecule has 13 heavy (non-hydrogen) atoms. The van der Waals surface area contributed by atoms with Gasteiger partial charge in [-0.2, -0.15) is 11.8 Å². The Morgan fingerprint density at radius 2 is 2.31 bits per heavy atom. The largest absolute Gasteiger partial charge is 0.340 e. The molecular formula is C9H16N2OS. The molecule has 1 N–H and O–H groups in total. The number of nitrogens with one attached hydrogen (secondary N) is 1. The minimum Gasteiger partial charge on any atom is -0.340 e. The van der Waals surface area contributed by atoms with Crippen molar-refractivity contribution >= 4 is 17.7 Å². The third-order valence-corrected chi connectivity index (χ3v) is 4.10. The Morgan fingerprint density at radius 1 is 1.54 bits per heavy atom. The number of likely N-dealkylation sites (N-methyl/N-ethyl adjacent to an activating group) is 1. The Balaban J connectivity index is 1.87. The quantitative estimate of drug-likeness (QED) is 0.689. The summed E-state index contributed by atoms with van der Waals surface area (Å²) >= 11 is 1.90. The molecule has 0 aromatic carbocycles. The van der Waals surface area contributed by atoms with E-state index in [0.717, 1.165) is 31.0 Å². The summed E-state index contributed by atoms with van der Waals surface area (Å²) in [5.74, 6) is 2.85. The van der Waals surface area contributed by atoms with Gasteiger partial charge in [0.2, 0.25) is 5.91 Å². The van der Waals surface area contributed by atoms with Crippen LogP contribution in [0.4, 0.5) is 0 Å². The minimum absolute atomic E-state index is 0.301.